The lowest BCUT2D eigenvalue weighted by molar-refractivity contribution is -0.126. The predicted octanol–water partition coefficient (Wildman–Crippen LogP) is 1.51. The van der Waals surface area contributed by atoms with Crippen molar-refractivity contribution in [3.05, 3.63) is 0 Å². The fourth-order valence-corrected chi connectivity index (χ4v) is 3.19. The third-order valence-electron chi connectivity index (χ3n) is 4.37. The Morgan fingerprint density at radius 1 is 1.30 bits per heavy atom. The number of nitrogens with one attached hydrogen (secondary N) is 1. The topological polar surface area (TPSA) is 96.9 Å². The van der Waals surface area contributed by atoms with E-state index in [2.05, 4.69) is 10.5 Å². The lowest BCUT2D eigenvalue weighted by atomic mass is 9.80. The van der Waals surface area contributed by atoms with E-state index in [1.807, 2.05) is 0 Å². The van der Waals surface area contributed by atoms with Crippen LogP contribution in [-0.2, 0) is 9.53 Å². The second-order valence-electron chi connectivity index (χ2n) is 5.87. The highest BCUT2D eigenvalue weighted by atomic mass is 16.5. The summed E-state index contributed by atoms with van der Waals surface area (Å²) in [6.45, 7) is 0.739. The summed E-state index contributed by atoms with van der Waals surface area (Å²) in [6.07, 6.45) is 8.06. The van der Waals surface area contributed by atoms with Gasteiger partial charge in [0.15, 0.2) is 5.84 Å². The van der Waals surface area contributed by atoms with E-state index in [4.69, 9.17) is 15.7 Å². The lowest BCUT2D eigenvalue weighted by Gasteiger charge is -2.37. The van der Waals surface area contributed by atoms with Crippen molar-refractivity contribution in [2.45, 2.75) is 69.4 Å². The van der Waals surface area contributed by atoms with Gasteiger partial charge in [0.1, 0.15) is 5.54 Å². The van der Waals surface area contributed by atoms with Gasteiger partial charge in [0, 0.05) is 6.61 Å². The third-order valence-corrected chi connectivity index (χ3v) is 4.37. The highest BCUT2D eigenvalue weighted by molar-refractivity contribution is 5.94. The van der Waals surface area contributed by atoms with Crippen LogP contribution in [0.25, 0.3) is 0 Å². The average Bonchev–Trinajstić information content (AvgIpc) is 2.48. The second kappa shape index (κ2) is 6.92. The molecule has 0 aromatic rings. The predicted molar refractivity (Wildman–Crippen MR) is 75.6 cm³/mol. The summed E-state index contributed by atoms with van der Waals surface area (Å²) >= 11 is 0. The highest BCUT2D eigenvalue weighted by Crippen LogP contribution is 2.29. The summed E-state index contributed by atoms with van der Waals surface area (Å²) < 4.78 is 5.59. The van der Waals surface area contributed by atoms with E-state index in [1.165, 1.54) is 0 Å². The molecule has 20 heavy (non-hydrogen) atoms. The van der Waals surface area contributed by atoms with Crippen LogP contribution >= 0.6 is 0 Å². The van der Waals surface area contributed by atoms with Gasteiger partial charge in [-0.2, -0.15) is 0 Å². The first kappa shape index (κ1) is 15.1. The van der Waals surface area contributed by atoms with Crippen LogP contribution in [-0.4, -0.2) is 35.2 Å². The largest absolute Gasteiger partial charge is 0.409 e. The first-order valence-electron chi connectivity index (χ1n) is 7.57. The number of nitrogens with two attached hydrogens (primary N) is 1. The minimum atomic E-state index is -0.668. The monoisotopic (exact) mass is 283 g/mol. The molecule has 1 saturated heterocycles. The molecule has 114 valence electrons. The van der Waals surface area contributed by atoms with Crippen molar-refractivity contribution < 1.29 is 14.7 Å². The number of ether oxygens (including phenoxy) is 1. The van der Waals surface area contributed by atoms with Crippen molar-refractivity contribution >= 4 is 11.7 Å². The Morgan fingerprint density at radius 2 is 2.05 bits per heavy atom. The third kappa shape index (κ3) is 3.62. The maximum Gasteiger partial charge on any atom is 0.223 e. The van der Waals surface area contributed by atoms with E-state index < -0.39 is 5.54 Å². The van der Waals surface area contributed by atoms with Crippen molar-refractivity contribution in [2.75, 3.05) is 6.61 Å². The zero-order chi connectivity index (χ0) is 14.4. The van der Waals surface area contributed by atoms with Gasteiger partial charge in [-0.05, 0) is 32.1 Å². The van der Waals surface area contributed by atoms with E-state index >= 15 is 0 Å². The minimum Gasteiger partial charge on any atom is -0.409 e. The lowest BCUT2D eigenvalue weighted by Crippen LogP contribution is -2.58. The van der Waals surface area contributed by atoms with Crippen molar-refractivity contribution in [3.8, 4) is 0 Å². The molecular weight excluding hydrogens is 258 g/mol. The van der Waals surface area contributed by atoms with E-state index in [-0.39, 0.29) is 17.8 Å². The number of rotatable bonds is 4. The molecule has 0 radical (unpaired) electrons. The van der Waals surface area contributed by atoms with E-state index in [1.54, 1.807) is 0 Å². The molecule has 0 aromatic heterocycles. The van der Waals surface area contributed by atoms with Gasteiger partial charge < -0.3 is 21.0 Å². The molecule has 1 heterocycles. The number of carbonyl (C=O) groups is 1. The molecule has 1 aliphatic heterocycles. The number of hydrogen-bond donors (Lipinski definition) is 3. The van der Waals surface area contributed by atoms with Gasteiger partial charge in [0.2, 0.25) is 5.91 Å². The van der Waals surface area contributed by atoms with Gasteiger partial charge in [-0.3, -0.25) is 4.79 Å². The number of amidine groups is 1. The Morgan fingerprint density at radius 3 is 2.65 bits per heavy atom. The number of amides is 1. The molecule has 1 atom stereocenters. The van der Waals surface area contributed by atoms with Gasteiger partial charge >= 0.3 is 0 Å². The van der Waals surface area contributed by atoms with Gasteiger partial charge in [0.05, 0.1) is 12.5 Å². The van der Waals surface area contributed by atoms with Crippen LogP contribution in [0, 0.1) is 0 Å². The van der Waals surface area contributed by atoms with Crippen molar-refractivity contribution in [3.63, 3.8) is 0 Å². The zero-order valence-corrected chi connectivity index (χ0v) is 11.9. The molecule has 6 nitrogen and oxygen atoms in total. The van der Waals surface area contributed by atoms with Crippen LogP contribution in [0.3, 0.4) is 0 Å². The summed E-state index contributed by atoms with van der Waals surface area (Å²) in [5.74, 6) is 0.0560. The van der Waals surface area contributed by atoms with Gasteiger partial charge in [-0.1, -0.05) is 24.4 Å². The zero-order valence-electron chi connectivity index (χ0n) is 11.9. The van der Waals surface area contributed by atoms with Gasteiger partial charge in [-0.15, -0.1) is 0 Å². The van der Waals surface area contributed by atoms with Crippen LogP contribution in [0.5, 0.6) is 0 Å². The average molecular weight is 283 g/mol. The van der Waals surface area contributed by atoms with Crippen LogP contribution in [0.15, 0.2) is 5.16 Å². The van der Waals surface area contributed by atoms with Gasteiger partial charge in [0.25, 0.3) is 0 Å². The fourth-order valence-electron chi connectivity index (χ4n) is 3.19. The molecule has 4 N–H and O–H groups in total. The fraction of sp³-hybridized carbons (Fsp3) is 0.857. The number of nitrogens with zero attached hydrogens (tertiary/aromatic N) is 1. The van der Waals surface area contributed by atoms with E-state index in [0.29, 0.717) is 6.42 Å². The molecule has 1 saturated carbocycles. The van der Waals surface area contributed by atoms with Crippen LogP contribution in [0.2, 0.25) is 0 Å². The van der Waals surface area contributed by atoms with Crippen molar-refractivity contribution in [2.24, 2.45) is 10.9 Å². The van der Waals surface area contributed by atoms with Gasteiger partial charge in [-0.25, -0.2) is 0 Å². The Labute approximate surface area is 119 Å². The Hall–Kier alpha value is -1.30. The van der Waals surface area contributed by atoms with Crippen molar-refractivity contribution in [1.29, 1.82) is 0 Å². The standard InChI is InChI=1S/C14H25N3O3/c15-13(17-19)14(7-3-1-4-8-14)16-12(18)10-11-6-2-5-9-20-11/h11,19H,1-10H2,(H2,15,17)(H,16,18). The van der Waals surface area contributed by atoms with E-state index in [9.17, 15) is 4.79 Å². The maximum absolute atomic E-state index is 12.2. The second-order valence-corrected chi connectivity index (χ2v) is 5.87. The first-order valence-corrected chi connectivity index (χ1v) is 7.57. The molecule has 1 aliphatic carbocycles. The molecule has 0 aromatic carbocycles. The Kier molecular flexibility index (Phi) is 5.23. The normalized spacial score (nSPS) is 27.0. The first-order chi connectivity index (χ1) is 9.66. The molecule has 1 unspecified atom stereocenters. The smallest absolute Gasteiger partial charge is 0.223 e. The highest BCUT2D eigenvalue weighted by Gasteiger charge is 2.38. The summed E-state index contributed by atoms with van der Waals surface area (Å²) in [5, 5.41) is 15.1. The Balaban J connectivity index is 1.94. The van der Waals surface area contributed by atoms with Crippen LogP contribution in [0.1, 0.15) is 57.8 Å². The molecule has 2 rings (SSSR count). The van der Waals surface area contributed by atoms with Crippen LogP contribution < -0.4 is 11.1 Å². The molecule has 2 aliphatic rings. The summed E-state index contributed by atoms with van der Waals surface area (Å²) in [4.78, 5) is 12.2. The summed E-state index contributed by atoms with van der Waals surface area (Å²) in [5.41, 5.74) is 5.15. The summed E-state index contributed by atoms with van der Waals surface area (Å²) in [7, 11) is 0. The molecule has 2 fully saturated rings. The number of carbonyl (C=O) groups excluding carboxylic acids is 1. The molecule has 0 bridgehead atoms. The molecular formula is C14H25N3O3. The maximum atomic E-state index is 12.2. The quantitative estimate of drug-likeness (QED) is 0.315. The minimum absolute atomic E-state index is 0.0108. The van der Waals surface area contributed by atoms with E-state index in [0.717, 1.165) is 58.0 Å². The number of oxime groups is 1. The molecule has 0 spiro atoms. The van der Waals surface area contributed by atoms with Crippen molar-refractivity contribution in [1.82, 2.24) is 5.32 Å². The number of hydrogen-bond acceptors (Lipinski definition) is 4. The Bertz CT molecular complexity index is 359. The van der Waals surface area contributed by atoms with Crippen LogP contribution in [0.4, 0.5) is 0 Å². The molecule has 6 heteroatoms. The SMILES string of the molecule is NC(=NO)C1(NC(=O)CC2CCCCO2)CCCCC1. The molecule has 1 amide bonds. The summed E-state index contributed by atoms with van der Waals surface area (Å²) in [6, 6.07) is 0.